The van der Waals surface area contributed by atoms with Crippen molar-refractivity contribution >= 4 is 28.6 Å². The van der Waals surface area contributed by atoms with Crippen molar-refractivity contribution in [3.8, 4) is 17.2 Å². The number of amides is 1. The van der Waals surface area contributed by atoms with Crippen LogP contribution in [0.25, 0.3) is 10.9 Å². The summed E-state index contributed by atoms with van der Waals surface area (Å²) in [5.41, 5.74) is 6.64. The third kappa shape index (κ3) is 8.75. The van der Waals surface area contributed by atoms with Crippen LogP contribution in [0.2, 0.25) is 0 Å². The van der Waals surface area contributed by atoms with Gasteiger partial charge in [0.1, 0.15) is 37.1 Å². The molecule has 0 aliphatic carbocycles. The van der Waals surface area contributed by atoms with Crippen LogP contribution in [0.1, 0.15) is 72.3 Å². The highest BCUT2D eigenvalue weighted by atomic mass is 16.5. The van der Waals surface area contributed by atoms with E-state index in [0.29, 0.717) is 60.9 Å². The molecule has 10 nitrogen and oxygen atoms in total. The topological polar surface area (TPSA) is 119 Å². The van der Waals surface area contributed by atoms with Crippen LogP contribution < -0.4 is 19.5 Å². The van der Waals surface area contributed by atoms with Crippen molar-refractivity contribution in [2.75, 3.05) is 32.9 Å². The Kier molecular flexibility index (Phi) is 12.8. The first-order valence-electron chi connectivity index (χ1n) is 19.2. The number of rotatable bonds is 19. The van der Waals surface area contributed by atoms with Crippen molar-refractivity contribution in [2.45, 2.75) is 65.0 Å². The summed E-state index contributed by atoms with van der Waals surface area (Å²) < 4.78 is 23.2. The van der Waals surface area contributed by atoms with Gasteiger partial charge < -0.3 is 34.1 Å². The van der Waals surface area contributed by atoms with Gasteiger partial charge in [0.15, 0.2) is 12.4 Å². The van der Waals surface area contributed by atoms with Gasteiger partial charge in [-0.15, -0.1) is 0 Å². The van der Waals surface area contributed by atoms with E-state index in [2.05, 4.69) is 42.2 Å². The van der Waals surface area contributed by atoms with E-state index in [1.807, 2.05) is 73.8 Å². The maximum absolute atomic E-state index is 14.3. The summed E-state index contributed by atoms with van der Waals surface area (Å²) in [5, 5.41) is 3.94. The van der Waals surface area contributed by atoms with Crippen LogP contribution >= 0.6 is 0 Å². The number of H-pyrrole nitrogens is 1. The molecule has 0 spiro atoms. The van der Waals surface area contributed by atoms with Gasteiger partial charge in [-0.2, -0.15) is 0 Å². The molecule has 4 aromatic rings. The maximum Gasteiger partial charge on any atom is 0.306 e. The summed E-state index contributed by atoms with van der Waals surface area (Å²) in [7, 11) is 0. The number of benzene rings is 3. The molecule has 0 fully saturated rings. The Morgan fingerprint density at radius 3 is 2.54 bits per heavy atom. The lowest BCUT2D eigenvalue weighted by Crippen LogP contribution is -2.48. The first kappa shape index (κ1) is 39.7. The highest BCUT2D eigenvalue weighted by molar-refractivity contribution is 6.12. The molecule has 0 saturated carbocycles. The number of fused-ring (bicyclic) bond motifs is 5. The number of hydrogen-bond acceptors (Lipinski definition) is 8. The summed E-state index contributed by atoms with van der Waals surface area (Å²) >= 11 is 0. The lowest BCUT2D eigenvalue weighted by atomic mass is 9.78. The standard InChI is InChI=1S/C46H51N3O7/c1-6-24-53-42(51)16-12-9-13-22-47-41(50)30-55-35-17-19-39-38(27-35)36-21-23-49-28-34(26-31(3)46(49,5)45(36)48-39)43(52)37-18-20-40(32(4)44(37)54-25-7-2)56-29-33-14-10-8-11-15-33/h6-8,10-11,14-15,17-20,26-28,48H,1-2,9,12-13,16,21-25,29-30H2,3-5H3,(H,47,50). The van der Waals surface area contributed by atoms with Crippen LogP contribution in [0.5, 0.6) is 17.2 Å². The summed E-state index contributed by atoms with van der Waals surface area (Å²) in [5.74, 6) is 1.20. The predicted octanol–water partition coefficient (Wildman–Crippen LogP) is 8.20. The molecule has 0 radical (unpaired) electrons. The lowest BCUT2D eigenvalue weighted by Gasteiger charge is -2.47. The Morgan fingerprint density at radius 1 is 0.946 bits per heavy atom. The van der Waals surface area contributed by atoms with Gasteiger partial charge >= 0.3 is 5.97 Å². The van der Waals surface area contributed by atoms with Crippen LogP contribution in [0, 0.1) is 6.92 Å². The molecular formula is C46H51N3O7. The van der Waals surface area contributed by atoms with Crippen molar-refractivity contribution in [1.29, 1.82) is 0 Å². The van der Waals surface area contributed by atoms with Gasteiger partial charge in [-0.05, 0) is 93.1 Å². The predicted molar refractivity (Wildman–Crippen MR) is 218 cm³/mol. The van der Waals surface area contributed by atoms with Gasteiger partial charge in [0.05, 0.1) is 11.1 Å². The molecular weight excluding hydrogens is 707 g/mol. The van der Waals surface area contributed by atoms with Crippen molar-refractivity contribution in [2.24, 2.45) is 0 Å². The highest BCUT2D eigenvalue weighted by Gasteiger charge is 2.43. The molecule has 0 saturated heterocycles. The number of allylic oxidation sites excluding steroid dienone is 2. The van der Waals surface area contributed by atoms with E-state index in [1.165, 1.54) is 5.56 Å². The Labute approximate surface area is 328 Å². The SMILES string of the molecule is C=CCOC(=O)CCCCCNC(=O)COc1ccc2[nH]c3c(c2c1)CCN1C=C(C(=O)c2ccc(OCc4ccccc4)c(C)c2OCC=C)C=C(C)C31C. The monoisotopic (exact) mass is 757 g/mol. The molecule has 10 heteroatoms. The summed E-state index contributed by atoms with van der Waals surface area (Å²) in [6.45, 7) is 15.5. The van der Waals surface area contributed by atoms with E-state index >= 15 is 0 Å². The zero-order chi connectivity index (χ0) is 39.7. The lowest BCUT2D eigenvalue weighted by molar-refractivity contribution is -0.142. The van der Waals surface area contributed by atoms with Crippen molar-refractivity contribution in [3.63, 3.8) is 0 Å². The molecule has 2 N–H and O–H groups in total. The first-order chi connectivity index (χ1) is 27.1. The molecule has 6 rings (SSSR count). The third-order valence-electron chi connectivity index (χ3n) is 10.5. The minimum atomic E-state index is -0.504. The molecule has 1 aromatic heterocycles. The number of esters is 1. The van der Waals surface area contributed by atoms with E-state index in [4.69, 9.17) is 18.9 Å². The molecule has 1 atom stereocenters. The second kappa shape index (κ2) is 18.1. The molecule has 1 amide bonds. The number of nitrogens with one attached hydrogen (secondary N) is 2. The number of carbonyl (C=O) groups is 3. The van der Waals surface area contributed by atoms with E-state index in [1.54, 1.807) is 18.2 Å². The van der Waals surface area contributed by atoms with Crippen molar-refractivity contribution in [1.82, 2.24) is 15.2 Å². The minimum Gasteiger partial charge on any atom is -0.488 e. The molecule has 56 heavy (non-hydrogen) atoms. The number of nitrogens with zero attached hydrogens (tertiary/aromatic N) is 1. The van der Waals surface area contributed by atoms with Gasteiger partial charge in [-0.1, -0.05) is 62.1 Å². The highest BCUT2D eigenvalue weighted by Crippen LogP contribution is 2.47. The third-order valence-corrected chi connectivity index (χ3v) is 10.5. The van der Waals surface area contributed by atoms with E-state index in [0.717, 1.165) is 52.6 Å². The van der Waals surface area contributed by atoms with Crippen LogP contribution in [0.3, 0.4) is 0 Å². The number of hydrogen-bond donors (Lipinski definition) is 2. The van der Waals surface area contributed by atoms with E-state index < -0.39 is 5.54 Å². The molecule has 2 aliphatic rings. The van der Waals surface area contributed by atoms with E-state index in [9.17, 15) is 14.4 Å². The second-order valence-corrected chi connectivity index (χ2v) is 14.3. The average molecular weight is 758 g/mol. The number of unbranched alkanes of at least 4 members (excludes halogenated alkanes) is 2. The van der Waals surface area contributed by atoms with E-state index in [-0.39, 0.29) is 37.5 Å². The Bertz CT molecular complexity index is 2170. The normalized spacial score (nSPS) is 15.8. The number of aromatic amines is 1. The first-order valence-corrected chi connectivity index (χ1v) is 19.2. The number of carbonyl (C=O) groups excluding carboxylic acids is 3. The summed E-state index contributed by atoms with van der Waals surface area (Å²) in [4.78, 5) is 44.3. The molecule has 292 valence electrons. The van der Waals surface area contributed by atoms with Crippen molar-refractivity contribution in [3.05, 3.63) is 137 Å². The largest absolute Gasteiger partial charge is 0.488 e. The number of ketones is 1. The molecule has 3 aromatic carbocycles. The Balaban J connectivity index is 1.12. The zero-order valence-electron chi connectivity index (χ0n) is 32.6. The fourth-order valence-electron chi connectivity index (χ4n) is 7.36. The van der Waals surface area contributed by atoms with Crippen LogP contribution in [0.15, 0.2) is 109 Å². The number of aromatic nitrogens is 1. The number of ether oxygens (including phenoxy) is 4. The van der Waals surface area contributed by atoms with Gasteiger partial charge in [-0.25, -0.2) is 0 Å². The Morgan fingerprint density at radius 2 is 1.75 bits per heavy atom. The Hall–Kier alpha value is -6.03. The zero-order valence-corrected chi connectivity index (χ0v) is 32.6. The summed E-state index contributed by atoms with van der Waals surface area (Å²) in [6.07, 6.45) is 10.6. The minimum absolute atomic E-state index is 0.0930. The van der Waals surface area contributed by atoms with Gasteiger partial charge in [0, 0.05) is 53.4 Å². The maximum atomic E-state index is 14.3. The smallest absolute Gasteiger partial charge is 0.306 e. The molecule has 3 heterocycles. The fraction of sp³-hybridized carbons (Fsp3) is 0.326. The van der Waals surface area contributed by atoms with Gasteiger partial charge in [0.2, 0.25) is 0 Å². The fourth-order valence-corrected chi connectivity index (χ4v) is 7.36. The molecule has 2 aliphatic heterocycles. The summed E-state index contributed by atoms with van der Waals surface area (Å²) in [6, 6.07) is 19.4. The van der Waals surface area contributed by atoms with Crippen molar-refractivity contribution < 1.29 is 33.3 Å². The number of Topliss-reactive ketones (excluding diaryl/α,β-unsaturated/α-hetero) is 1. The van der Waals surface area contributed by atoms with Crippen LogP contribution in [-0.4, -0.2) is 60.5 Å². The van der Waals surface area contributed by atoms with Gasteiger partial charge in [0.25, 0.3) is 5.91 Å². The molecule has 1 unspecified atom stereocenters. The van der Waals surface area contributed by atoms with Crippen LogP contribution in [-0.2, 0) is 32.9 Å². The molecule has 0 bridgehead atoms. The van der Waals surface area contributed by atoms with Crippen LogP contribution in [0.4, 0.5) is 0 Å². The second-order valence-electron chi connectivity index (χ2n) is 14.3. The quantitative estimate of drug-likeness (QED) is 0.0426. The van der Waals surface area contributed by atoms with Gasteiger partial charge in [-0.3, -0.25) is 14.4 Å². The average Bonchev–Trinajstić information content (AvgIpc) is 3.59.